The number of unbranched alkanes of at least 4 members (excludes halogenated alkanes) is 7. The molecule has 9 heteroatoms. The lowest BCUT2D eigenvalue weighted by Crippen LogP contribution is -2.45. The minimum Gasteiger partial charge on any atom is -0.508 e. The number of nitrogens with one attached hydrogen (secondary N) is 3. The average molecular weight is 556 g/mol. The number of phenolic OH excluding ortho intramolecular Hbond substituents is 2. The number of carbonyl (C=O) groups is 3. The molecule has 0 heterocycles. The lowest BCUT2D eigenvalue weighted by molar-refractivity contribution is -0.126. The molecule has 9 nitrogen and oxygen atoms in total. The van der Waals surface area contributed by atoms with Gasteiger partial charge in [-0.2, -0.15) is 0 Å². The first-order chi connectivity index (χ1) is 19.0. The predicted molar refractivity (Wildman–Crippen MR) is 156 cm³/mol. The summed E-state index contributed by atoms with van der Waals surface area (Å²) >= 11 is 0. The van der Waals surface area contributed by atoms with Crippen LogP contribution in [0.5, 0.6) is 11.5 Å². The van der Waals surface area contributed by atoms with Crippen molar-refractivity contribution in [2.45, 2.75) is 96.6 Å². The third-order valence-corrected chi connectivity index (χ3v) is 6.16. The second-order valence-corrected chi connectivity index (χ2v) is 11.0. The fourth-order valence-corrected chi connectivity index (χ4v) is 4.09. The summed E-state index contributed by atoms with van der Waals surface area (Å²) in [5.41, 5.74) is 0.848. The third-order valence-electron chi connectivity index (χ3n) is 6.16. The van der Waals surface area contributed by atoms with Crippen LogP contribution >= 0.6 is 0 Å². The first-order valence-electron chi connectivity index (χ1n) is 14.2. The number of benzene rings is 2. The number of hydrogen-bond acceptors (Lipinski definition) is 6. The summed E-state index contributed by atoms with van der Waals surface area (Å²) in [7, 11) is 0. The molecule has 220 valence electrons. The van der Waals surface area contributed by atoms with Gasteiger partial charge in [0, 0.05) is 25.1 Å². The number of alkyl carbamates (subject to hydrolysis) is 1. The minimum atomic E-state index is -0.782. The van der Waals surface area contributed by atoms with E-state index in [-0.39, 0.29) is 35.8 Å². The summed E-state index contributed by atoms with van der Waals surface area (Å²) in [4.78, 5) is 37.2. The Morgan fingerprint density at radius 3 is 1.88 bits per heavy atom. The molecule has 3 amide bonds. The number of rotatable bonds is 16. The number of anilines is 1. The van der Waals surface area contributed by atoms with Gasteiger partial charge in [-0.25, -0.2) is 4.79 Å². The fraction of sp³-hybridized carbons (Fsp3) is 0.516. The summed E-state index contributed by atoms with van der Waals surface area (Å²) in [6, 6.07) is 11.9. The molecule has 0 aliphatic rings. The van der Waals surface area contributed by atoms with Gasteiger partial charge < -0.3 is 30.9 Å². The van der Waals surface area contributed by atoms with E-state index in [1.54, 1.807) is 36.4 Å². The zero-order valence-corrected chi connectivity index (χ0v) is 24.0. The van der Waals surface area contributed by atoms with E-state index >= 15 is 0 Å². The van der Waals surface area contributed by atoms with Gasteiger partial charge in [-0.05, 0) is 75.6 Å². The summed E-state index contributed by atoms with van der Waals surface area (Å²) in [6.45, 7) is 6.14. The Balaban J connectivity index is 1.65. The van der Waals surface area contributed by atoms with Crippen LogP contribution in [0.25, 0.3) is 0 Å². The Morgan fingerprint density at radius 2 is 1.30 bits per heavy atom. The monoisotopic (exact) mass is 555 g/mol. The van der Waals surface area contributed by atoms with Crippen molar-refractivity contribution in [3.05, 3.63) is 54.1 Å². The average Bonchev–Trinajstić information content (AvgIpc) is 2.88. The van der Waals surface area contributed by atoms with E-state index in [0.29, 0.717) is 18.7 Å². The van der Waals surface area contributed by atoms with Crippen molar-refractivity contribution in [1.82, 2.24) is 10.6 Å². The molecule has 0 aromatic heterocycles. The molecule has 5 N–H and O–H groups in total. The van der Waals surface area contributed by atoms with Crippen LogP contribution in [0.2, 0.25) is 0 Å². The number of phenols is 2. The van der Waals surface area contributed by atoms with Gasteiger partial charge in [0.1, 0.15) is 23.1 Å². The Bertz CT molecular complexity index is 1050. The van der Waals surface area contributed by atoms with Gasteiger partial charge in [0.05, 0.1) is 0 Å². The summed E-state index contributed by atoms with van der Waals surface area (Å²) in [5, 5.41) is 27.4. The zero-order chi connectivity index (χ0) is 29.4. The van der Waals surface area contributed by atoms with E-state index in [1.165, 1.54) is 12.1 Å². The van der Waals surface area contributed by atoms with Crippen LogP contribution in [0.1, 0.15) is 84.1 Å². The fourth-order valence-electron chi connectivity index (χ4n) is 4.09. The van der Waals surface area contributed by atoms with Crippen LogP contribution in [0, 0.1) is 0 Å². The van der Waals surface area contributed by atoms with Crippen molar-refractivity contribution in [1.29, 1.82) is 0 Å². The molecule has 2 rings (SSSR count). The first kappa shape index (κ1) is 32.5. The molecule has 2 aromatic carbocycles. The van der Waals surface area contributed by atoms with Crippen molar-refractivity contribution in [3.8, 4) is 11.5 Å². The van der Waals surface area contributed by atoms with Gasteiger partial charge >= 0.3 is 6.09 Å². The highest BCUT2D eigenvalue weighted by Gasteiger charge is 2.21. The predicted octanol–water partition coefficient (Wildman–Crippen LogP) is 5.80. The van der Waals surface area contributed by atoms with Gasteiger partial charge in [-0.15, -0.1) is 0 Å². The second kappa shape index (κ2) is 17.0. The second-order valence-electron chi connectivity index (χ2n) is 11.0. The largest absolute Gasteiger partial charge is 0.508 e. The molecular formula is C31H45N3O6. The van der Waals surface area contributed by atoms with E-state index in [0.717, 1.165) is 56.9 Å². The van der Waals surface area contributed by atoms with Crippen LogP contribution in [-0.4, -0.2) is 46.3 Å². The lowest BCUT2D eigenvalue weighted by atomic mass is 10.0. The molecule has 0 spiro atoms. The Morgan fingerprint density at radius 1 is 0.775 bits per heavy atom. The van der Waals surface area contributed by atoms with Crippen molar-refractivity contribution < 1.29 is 29.3 Å². The molecule has 1 atom stereocenters. The molecule has 0 aliphatic carbocycles. The quantitative estimate of drug-likeness (QED) is 0.131. The van der Waals surface area contributed by atoms with Gasteiger partial charge in [-0.1, -0.05) is 50.7 Å². The van der Waals surface area contributed by atoms with Crippen LogP contribution in [0.15, 0.2) is 48.5 Å². The summed E-state index contributed by atoms with van der Waals surface area (Å²) in [5.74, 6) is -0.303. The third kappa shape index (κ3) is 14.4. The van der Waals surface area contributed by atoms with Crippen LogP contribution < -0.4 is 16.0 Å². The Kier molecular flexibility index (Phi) is 13.8. The molecule has 0 unspecified atom stereocenters. The van der Waals surface area contributed by atoms with E-state index < -0.39 is 11.6 Å². The lowest BCUT2D eigenvalue weighted by Gasteiger charge is -2.19. The van der Waals surface area contributed by atoms with Crippen LogP contribution in [-0.2, 0) is 20.7 Å². The highest BCUT2D eigenvalue weighted by atomic mass is 16.6. The van der Waals surface area contributed by atoms with Crippen molar-refractivity contribution in [2.24, 2.45) is 0 Å². The van der Waals surface area contributed by atoms with E-state index in [1.807, 2.05) is 20.8 Å². The molecule has 0 aliphatic heterocycles. The van der Waals surface area contributed by atoms with Gasteiger partial charge in [0.2, 0.25) is 11.8 Å². The van der Waals surface area contributed by atoms with E-state index in [9.17, 15) is 24.6 Å². The maximum atomic E-state index is 13.0. The molecule has 0 bridgehead atoms. The van der Waals surface area contributed by atoms with Crippen molar-refractivity contribution in [2.75, 3.05) is 11.9 Å². The summed E-state index contributed by atoms with van der Waals surface area (Å²) in [6.07, 6.45) is 8.27. The number of hydrogen-bond donors (Lipinski definition) is 5. The maximum absolute atomic E-state index is 13.0. The smallest absolute Gasteiger partial charge is 0.407 e. The van der Waals surface area contributed by atoms with Gasteiger partial charge in [0.15, 0.2) is 0 Å². The molecule has 0 saturated carbocycles. The molecule has 0 radical (unpaired) electrons. The number of ether oxygens (including phenoxy) is 1. The first-order valence-corrected chi connectivity index (χ1v) is 14.2. The standard InChI is InChI=1S/C31H45N3O6/c1-31(2,3)40-30(39)32-21-11-9-7-5-4-6-8-10-12-28(37)34-27(22-23-13-17-25(35)18-14-23)29(38)33-24-15-19-26(36)20-16-24/h13-20,27,35-36H,4-12,21-22H2,1-3H3,(H,32,39)(H,33,38)(H,34,37)/t27-/m0/s1. The molecular weight excluding hydrogens is 510 g/mol. The molecule has 40 heavy (non-hydrogen) atoms. The number of aromatic hydroxyl groups is 2. The van der Waals surface area contributed by atoms with Crippen LogP contribution in [0.3, 0.4) is 0 Å². The normalized spacial score (nSPS) is 11.9. The van der Waals surface area contributed by atoms with E-state index in [4.69, 9.17) is 4.74 Å². The molecule has 2 aromatic rings. The number of carbonyl (C=O) groups excluding carboxylic acids is 3. The zero-order valence-electron chi connectivity index (χ0n) is 24.0. The Labute approximate surface area is 237 Å². The van der Waals surface area contributed by atoms with Crippen LogP contribution in [0.4, 0.5) is 10.5 Å². The van der Waals surface area contributed by atoms with Gasteiger partial charge in [0.25, 0.3) is 0 Å². The van der Waals surface area contributed by atoms with Crippen molar-refractivity contribution in [3.63, 3.8) is 0 Å². The molecule has 0 saturated heterocycles. The van der Waals surface area contributed by atoms with Gasteiger partial charge in [-0.3, -0.25) is 9.59 Å². The highest BCUT2D eigenvalue weighted by Crippen LogP contribution is 2.16. The maximum Gasteiger partial charge on any atom is 0.407 e. The Hall–Kier alpha value is -3.75. The minimum absolute atomic E-state index is 0.0968. The van der Waals surface area contributed by atoms with E-state index in [2.05, 4.69) is 16.0 Å². The van der Waals surface area contributed by atoms with Crippen molar-refractivity contribution >= 4 is 23.6 Å². The SMILES string of the molecule is CC(C)(C)OC(=O)NCCCCCCCCCCC(=O)N[C@@H](Cc1ccc(O)cc1)C(=O)Nc1ccc(O)cc1. The topological polar surface area (TPSA) is 137 Å². The number of amides is 3. The summed E-state index contributed by atoms with van der Waals surface area (Å²) < 4.78 is 5.21. The molecule has 0 fully saturated rings. The highest BCUT2D eigenvalue weighted by molar-refractivity contribution is 5.97.